The van der Waals surface area contributed by atoms with Crippen molar-refractivity contribution in [1.82, 2.24) is 0 Å². The number of rotatable bonds is 6. The molecule has 0 aromatic heterocycles. The summed E-state index contributed by atoms with van der Waals surface area (Å²) in [4.78, 5) is 37.1. The summed E-state index contributed by atoms with van der Waals surface area (Å²) in [6, 6.07) is 0. The zero-order valence-electron chi connectivity index (χ0n) is 19.0. The van der Waals surface area contributed by atoms with Crippen LogP contribution in [0.25, 0.3) is 0 Å². The Hall–Kier alpha value is -1.73. The summed E-state index contributed by atoms with van der Waals surface area (Å²) in [7, 11) is 0. The number of carbonyl (C=O) groups excluding carboxylic acids is 3. The smallest absolute Gasteiger partial charge is 0.311 e. The number of ether oxygens (including phenoxy) is 2. The van der Waals surface area contributed by atoms with E-state index < -0.39 is 29.7 Å². The summed E-state index contributed by atoms with van der Waals surface area (Å²) in [5.41, 5.74) is 0.226. The van der Waals surface area contributed by atoms with E-state index in [0.717, 1.165) is 5.57 Å². The summed E-state index contributed by atoms with van der Waals surface area (Å²) < 4.78 is 11.3. The van der Waals surface area contributed by atoms with Gasteiger partial charge in [0, 0.05) is 24.7 Å². The molecule has 7 heteroatoms. The van der Waals surface area contributed by atoms with E-state index in [1.165, 1.54) is 0 Å². The number of hydrogen-bond acceptors (Lipinski definition) is 7. The van der Waals surface area contributed by atoms with Gasteiger partial charge in [0.1, 0.15) is 12.2 Å². The first-order valence-corrected chi connectivity index (χ1v) is 11.5. The fourth-order valence-electron chi connectivity index (χ4n) is 5.10. The van der Waals surface area contributed by atoms with Gasteiger partial charge in [0.05, 0.1) is 24.0 Å². The number of cyclic esters (lactones) is 1. The second kappa shape index (κ2) is 9.41. The van der Waals surface area contributed by atoms with Crippen molar-refractivity contribution < 1.29 is 34.1 Å². The van der Waals surface area contributed by atoms with Gasteiger partial charge in [-0.05, 0) is 51.5 Å². The van der Waals surface area contributed by atoms with E-state index in [2.05, 4.69) is 0 Å². The predicted octanol–water partition coefficient (Wildman–Crippen LogP) is 2.71. The Balaban J connectivity index is 1.80. The zero-order valence-corrected chi connectivity index (χ0v) is 19.0. The third-order valence-corrected chi connectivity index (χ3v) is 7.44. The van der Waals surface area contributed by atoms with Crippen LogP contribution in [0.15, 0.2) is 11.6 Å². The third kappa shape index (κ3) is 5.37. The van der Waals surface area contributed by atoms with Crippen molar-refractivity contribution in [2.24, 2.45) is 23.2 Å². The molecular weight excluding hydrogens is 400 g/mol. The topological polar surface area (TPSA) is 110 Å². The molecule has 2 N–H and O–H groups in total. The second-order valence-corrected chi connectivity index (χ2v) is 10.2. The molecule has 0 aromatic carbocycles. The molecule has 3 rings (SSSR count). The van der Waals surface area contributed by atoms with Crippen LogP contribution in [0.3, 0.4) is 0 Å². The highest BCUT2D eigenvalue weighted by Gasteiger charge is 2.47. The average molecular weight is 437 g/mol. The highest BCUT2D eigenvalue weighted by atomic mass is 16.6. The zero-order chi connectivity index (χ0) is 22.9. The van der Waals surface area contributed by atoms with E-state index in [1.54, 1.807) is 6.08 Å². The van der Waals surface area contributed by atoms with Crippen molar-refractivity contribution in [2.75, 3.05) is 0 Å². The number of esters is 2. The maximum Gasteiger partial charge on any atom is 0.311 e. The summed E-state index contributed by atoms with van der Waals surface area (Å²) in [5.74, 6) is -1.15. The Morgan fingerprint density at radius 3 is 2.48 bits per heavy atom. The molecule has 2 fully saturated rings. The molecule has 0 amide bonds. The van der Waals surface area contributed by atoms with Crippen molar-refractivity contribution in [3.05, 3.63) is 11.6 Å². The first-order valence-electron chi connectivity index (χ1n) is 11.5. The van der Waals surface area contributed by atoms with E-state index in [1.807, 2.05) is 27.7 Å². The normalized spacial score (nSPS) is 36.3. The Kier molecular flexibility index (Phi) is 7.26. The van der Waals surface area contributed by atoms with Crippen molar-refractivity contribution in [1.29, 1.82) is 0 Å². The molecule has 1 saturated carbocycles. The lowest BCUT2D eigenvalue weighted by Gasteiger charge is -2.45. The van der Waals surface area contributed by atoms with Gasteiger partial charge in [-0.2, -0.15) is 0 Å². The van der Waals surface area contributed by atoms with Crippen molar-refractivity contribution in [3.8, 4) is 0 Å². The van der Waals surface area contributed by atoms with Gasteiger partial charge in [-0.1, -0.05) is 19.4 Å². The fourth-order valence-corrected chi connectivity index (χ4v) is 5.10. The number of allylic oxidation sites excluding steroid dienone is 1. The van der Waals surface area contributed by atoms with Crippen LogP contribution in [-0.2, 0) is 23.9 Å². The third-order valence-electron chi connectivity index (χ3n) is 7.44. The Bertz CT molecular complexity index is 740. The number of hydrogen-bond donors (Lipinski definition) is 2. The molecule has 1 saturated heterocycles. The number of carbonyl (C=O) groups is 3. The number of aliphatic hydroxyl groups is 2. The molecule has 3 aliphatic rings. The molecular formula is C24H36O7. The SMILES string of the molecule is CCC(C)(C)C(=O)O[C@H]1C[C@@H](O)CC2=CC(=O)[C@H](C)[C@H](CC[C@@H]3C[C@@H](O)CC(=O)O3)[C@H]21. The molecule has 0 unspecified atom stereocenters. The molecule has 2 aliphatic carbocycles. The Morgan fingerprint density at radius 1 is 1.16 bits per heavy atom. The number of aliphatic hydroxyl groups excluding tert-OH is 2. The number of fused-ring (bicyclic) bond motifs is 1. The minimum absolute atomic E-state index is 0.0185. The van der Waals surface area contributed by atoms with Gasteiger partial charge in [-0.25, -0.2) is 0 Å². The molecule has 31 heavy (non-hydrogen) atoms. The first-order chi connectivity index (χ1) is 14.5. The standard InChI is InChI=1S/C24H36O7/c1-5-24(3,4)23(29)31-20-11-15(25)8-14-9-19(27)13(2)18(22(14)20)7-6-17-10-16(26)12-21(28)30-17/h9,13,15-18,20,22,25-26H,5-8,10-12H2,1-4H3/t13-,15+,16-,17-,18+,20+,22+/m1/s1. The molecule has 1 aliphatic heterocycles. The van der Waals surface area contributed by atoms with Crippen molar-refractivity contribution >= 4 is 17.7 Å². The lowest BCUT2D eigenvalue weighted by molar-refractivity contribution is -0.168. The number of ketones is 1. The Morgan fingerprint density at radius 2 is 1.84 bits per heavy atom. The lowest BCUT2D eigenvalue weighted by atomic mass is 9.63. The highest BCUT2D eigenvalue weighted by Crippen LogP contribution is 2.46. The molecule has 0 spiro atoms. The van der Waals surface area contributed by atoms with Crippen molar-refractivity contribution in [3.63, 3.8) is 0 Å². The average Bonchev–Trinajstić information content (AvgIpc) is 2.67. The molecule has 7 nitrogen and oxygen atoms in total. The summed E-state index contributed by atoms with van der Waals surface area (Å²) in [5, 5.41) is 20.3. The van der Waals surface area contributed by atoms with Crippen LogP contribution >= 0.6 is 0 Å². The van der Waals surface area contributed by atoms with E-state index in [-0.39, 0.29) is 42.0 Å². The quantitative estimate of drug-likeness (QED) is 0.616. The van der Waals surface area contributed by atoms with Crippen LogP contribution in [-0.4, -0.2) is 52.4 Å². The van der Waals surface area contributed by atoms with E-state index in [0.29, 0.717) is 38.5 Å². The van der Waals surface area contributed by atoms with Gasteiger partial charge in [0.2, 0.25) is 0 Å². The largest absolute Gasteiger partial charge is 0.462 e. The Labute approximate surface area is 184 Å². The molecule has 174 valence electrons. The van der Waals surface area contributed by atoms with Crippen LogP contribution in [0.1, 0.15) is 72.6 Å². The highest BCUT2D eigenvalue weighted by molar-refractivity contribution is 5.93. The van der Waals surface area contributed by atoms with Crippen LogP contribution in [0.5, 0.6) is 0 Å². The van der Waals surface area contributed by atoms with Gasteiger partial charge in [0.15, 0.2) is 5.78 Å². The first kappa shape index (κ1) is 23.9. The van der Waals surface area contributed by atoms with Gasteiger partial charge in [0.25, 0.3) is 0 Å². The van der Waals surface area contributed by atoms with E-state index in [4.69, 9.17) is 9.47 Å². The monoisotopic (exact) mass is 436 g/mol. The van der Waals surface area contributed by atoms with Gasteiger partial charge in [-0.15, -0.1) is 0 Å². The molecule has 0 radical (unpaired) electrons. The fraction of sp³-hybridized carbons (Fsp3) is 0.792. The van der Waals surface area contributed by atoms with Gasteiger partial charge >= 0.3 is 11.9 Å². The van der Waals surface area contributed by atoms with Crippen LogP contribution in [0.4, 0.5) is 0 Å². The summed E-state index contributed by atoms with van der Waals surface area (Å²) in [6.07, 6.45) is 2.39. The van der Waals surface area contributed by atoms with Crippen LogP contribution in [0.2, 0.25) is 0 Å². The van der Waals surface area contributed by atoms with E-state index in [9.17, 15) is 24.6 Å². The predicted molar refractivity (Wildman–Crippen MR) is 113 cm³/mol. The minimum Gasteiger partial charge on any atom is -0.462 e. The van der Waals surface area contributed by atoms with Crippen LogP contribution in [0, 0.1) is 23.2 Å². The van der Waals surface area contributed by atoms with E-state index >= 15 is 0 Å². The lowest BCUT2D eigenvalue weighted by Crippen LogP contribution is -2.47. The maximum absolute atomic E-state index is 12.8. The molecule has 0 bridgehead atoms. The maximum atomic E-state index is 12.8. The van der Waals surface area contributed by atoms with Crippen LogP contribution < -0.4 is 0 Å². The summed E-state index contributed by atoms with van der Waals surface area (Å²) in [6.45, 7) is 7.52. The van der Waals surface area contributed by atoms with Gasteiger partial charge in [-0.3, -0.25) is 14.4 Å². The molecule has 7 atom stereocenters. The van der Waals surface area contributed by atoms with Crippen molar-refractivity contribution in [2.45, 2.75) is 97.1 Å². The second-order valence-electron chi connectivity index (χ2n) is 10.2. The van der Waals surface area contributed by atoms with Gasteiger partial charge < -0.3 is 19.7 Å². The molecule has 0 aromatic rings. The summed E-state index contributed by atoms with van der Waals surface area (Å²) >= 11 is 0. The molecule has 1 heterocycles. The minimum atomic E-state index is -0.693.